The van der Waals surface area contributed by atoms with E-state index in [1.165, 1.54) is 17.5 Å². The number of hydrogen-bond acceptors (Lipinski definition) is 5. The van der Waals surface area contributed by atoms with Gasteiger partial charge in [0.15, 0.2) is 5.82 Å². The first-order chi connectivity index (χ1) is 15.9. The van der Waals surface area contributed by atoms with Gasteiger partial charge in [0.1, 0.15) is 0 Å². The smallest absolute Gasteiger partial charge is 0.304 e. The van der Waals surface area contributed by atoms with Crippen LogP contribution in [0.3, 0.4) is 0 Å². The molecule has 2 atom stereocenters. The standard InChI is InChI=1S/C27H43N5O2/c1-18-13-14-21(15-19(18)2)24(28-22(16-23(33)34)20-11-9-8-10-12-20)25-29-30-31-32(25)27(6,7)17-26(3,4)5/h13-15,20,22,24,28H,8-12,16-17H2,1-7H3,(H,33,34). The highest BCUT2D eigenvalue weighted by Gasteiger charge is 2.36. The lowest BCUT2D eigenvalue weighted by molar-refractivity contribution is -0.138. The monoisotopic (exact) mass is 469 g/mol. The van der Waals surface area contributed by atoms with Gasteiger partial charge in [-0.15, -0.1) is 5.10 Å². The minimum Gasteiger partial charge on any atom is -0.481 e. The van der Waals surface area contributed by atoms with E-state index >= 15 is 0 Å². The van der Waals surface area contributed by atoms with E-state index in [9.17, 15) is 9.90 Å². The van der Waals surface area contributed by atoms with Gasteiger partial charge in [0.25, 0.3) is 0 Å². The first-order valence-corrected chi connectivity index (χ1v) is 12.7. The average molecular weight is 470 g/mol. The van der Waals surface area contributed by atoms with Gasteiger partial charge in [-0.3, -0.25) is 10.1 Å². The van der Waals surface area contributed by atoms with Gasteiger partial charge in [0, 0.05) is 6.04 Å². The molecule has 188 valence electrons. The van der Waals surface area contributed by atoms with Crippen LogP contribution in [0.25, 0.3) is 0 Å². The highest BCUT2D eigenvalue weighted by atomic mass is 16.4. The van der Waals surface area contributed by atoms with Crippen LogP contribution < -0.4 is 5.32 Å². The van der Waals surface area contributed by atoms with Crippen LogP contribution in [0.15, 0.2) is 18.2 Å². The highest BCUT2D eigenvalue weighted by Crippen LogP contribution is 2.35. The van der Waals surface area contributed by atoms with Gasteiger partial charge in [-0.1, -0.05) is 58.2 Å². The molecule has 1 fully saturated rings. The van der Waals surface area contributed by atoms with E-state index in [0.717, 1.165) is 43.5 Å². The number of carboxylic acids is 1. The lowest BCUT2D eigenvalue weighted by Crippen LogP contribution is -2.44. The van der Waals surface area contributed by atoms with Crippen LogP contribution in [-0.4, -0.2) is 37.3 Å². The molecule has 2 N–H and O–H groups in total. The minimum absolute atomic E-state index is 0.0962. The van der Waals surface area contributed by atoms with Crippen molar-refractivity contribution < 1.29 is 9.90 Å². The number of nitrogens with zero attached hydrogens (tertiary/aromatic N) is 4. The molecule has 1 aliphatic rings. The fraction of sp³-hybridized carbons (Fsp3) is 0.704. The molecule has 0 aliphatic heterocycles. The Morgan fingerprint density at radius 2 is 1.79 bits per heavy atom. The molecule has 1 aromatic heterocycles. The number of aliphatic carboxylic acids is 1. The molecule has 2 aromatic rings. The van der Waals surface area contributed by atoms with Crippen molar-refractivity contribution in [3.63, 3.8) is 0 Å². The molecule has 7 heteroatoms. The maximum absolute atomic E-state index is 11.9. The molecule has 7 nitrogen and oxygen atoms in total. The van der Waals surface area contributed by atoms with Gasteiger partial charge in [0.2, 0.25) is 0 Å². The normalized spacial score (nSPS) is 17.5. The van der Waals surface area contributed by atoms with Gasteiger partial charge in [-0.2, -0.15) is 0 Å². The van der Waals surface area contributed by atoms with Crippen LogP contribution in [0.1, 0.15) is 108 Å². The summed E-state index contributed by atoms with van der Waals surface area (Å²) >= 11 is 0. The van der Waals surface area contributed by atoms with E-state index in [1.54, 1.807) is 0 Å². The topological polar surface area (TPSA) is 92.9 Å². The summed E-state index contributed by atoms with van der Waals surface area (Å²) in [6, 6.07) is 6.00. The summed E-state index contributed by atoms with van der Waals surface area (Å²) in [6.07, 6.45) is 6.67. The zero-order valence-corrected chi connectivity index (χ0v) is 22.1. The number of tetrazole rings is 1. The summed E-state index contributed by atoms with van der Waals surface area (Å²) in [5.74, 6) is 0.309. The maximum atomic E-state index is 11.9. The SMILES string of the molecule is Cc1ccc(C(NC(CC(=O)O)C2CCCCC2)c2nnnn2C(C)(C)CC(C)(C)C)cc1C. The second kappa shape index (κ2) is 10.5. The van der Waals surface area contributed by atoms with Crippen molar-refractivity contribution in [1.29, 1.82) is 0 Å². The molecule has 1 heterocycles. The minimum atomic E-state index is -0.769. The lowest BCUT2D eigenvalue weighted by atomic mass is 9.81. The van der Waals surface area contributed by atoms with E-state index in [4.69, 9.17) is 0 Å². The van der Waals surface area contributed by atoms with Gasteiger partial charge >= 0.3 is 5.97 Å². The van der Waals surface area contributed by atoms with Gasteiger partial charge in [-0.05, 0) is 85.4 Å². The third-order valence-corrected chi connectivity index (χ3v) is 7.15. The molecule has 0 spiro atoms. The van der Waals surface area contributed by atoms with Crippen molar-refractivity contribution in [2.45, 2.75) is 111 Å². The van der Waals surface area contributed by atoms with E-state index in [1.807, 2.05) is 4.68 Å². The van der Waals surface area contributed by atoms with E-state index < -0.39 is 5.97 Å². The number of aromatic nitrogens is 4. The molecule has 0 bridgehead atoms. The zero-order valence-electron chi connectivity index (χ0n) is 22.1. The molecule has 0 amide bonds. The molecule has 1 saturated carbocycles. The average Bonchev–Trinajstić information content (AvgIpc) is 3.22. The quantitative estimate of drug-likeness (QED) is 0.499. The molecule has 0 saturated heterocycles. The summed E-state index contributed by atoms with van der Waals surface area (Å²) in [5, 5.41) is 26.5. The number of rotatable bonds is 9. The Morgan fingerprint density at radius 1 is 1.12 bits per heavy atom. The largest absolute Gasteiger partial charge is 0.481 e. The summed E-state index contributed by atoms with van der Waals surface area (Å²) in [7, 11) is 0. The molecular weight excluding hydrogens is 426 g/mol. The van der Waals surface area contributed by atoms with Gasteiger partial charge < -0.3 is 5.11 Å². The van der Waals surface area contributed by atoms with Crippen molar-refractivity contribution in [3.05, 3.63) is 40.7 Å². The molecule has 34 heavy (non-hydrogen) atoms. The van der Waals surface area contributed by atoms with Crippen molar-refractivity contribution in [2.24, 2.45) is 11.3 Å². The number of hydrogen-bond donors (Lipinski definition) is 2. The Kier molecular flexibility index (Phi) is 8.17. The van der Waals surface area contributed by atoms with Crippen molar-refractivity contribution >= 4 is 5.97 Å². The zero-order chi connectivity index (χ0) is 25.1. The summed E-state index contributed by atoms with van der Waals surface area (Å²) in [6.45, 7) is 15.2. The van der Waals surface area contributed by atoms with Crippen LogP contribution in [0.2, 0.25) is 0 Å². The first kappa shape index (κ1) is 26.3. The maximum Gasteiger partial charge on any atom is 0.304 e. The number of carbonyl (C=O) groups is 1. The van der Waals surface area contributed by atoms with E-state index in [2.05, 4.69) is 87.5 Å². The van der Waals surface area contributed by atoms with Crippen molar-refractivity contribution in [2.75, 3.05) is 0 Å². The Bertz CT molecular complexity index is 970. The summed E-state index contributed by atoms with van der Waals surface area (Å²) < 4.78 is 1.95. The van der Waals surface area contributed by atoms with Crippen LogP contribution in [0.5, 0.6) is 0 Å². The molecule has 1 aliphatic carbocycles. The van der Waals surface area contributed by atoms with Crippen LogP contribution in [-0.2, 0) is 10.3 Å². The van der Waals surface area contributed by atoms with Crippen LogP contribution >= 0.6 is 0 Å². The van der Waals surface area contributed by atoms with E-state index in [0.29, 0.717) is 5.92 Å². The molecular formula is C27H43N5O2. The fourth-order valence-corrected chi connectivity index (χ4v) is 5.74. The molecule has 3 rings (SSSR count). The second-order valence-corrected chi connectivity index (χ2v) is 12.0. The van der Waals surface area contributed by atoms with Crippen molar-refractivity contribution in [1.82, 2.24) is 25.5 Å². The molecule has 0 radical (unpaired) electrons. The predicted molar refractivity (Wildman–Crippen MR) is 135 cm³/mol. The van der Waals surface area contributed by atoms with E-state index in [-0.39, 0.29) is 29.5 Å². The number of aryl methyl sites for hydroxylation is 2. The highest BCUT2D eigenvalue weighted by molar-refractivity contribution is 5.67. The summed E-state index contributed by atoms with van der Waals surface area (Å²) in [4.78, 5) is 11.9. The molecule has 2 unspecified atom stereocenters. The Labute approximate surface area is 204 Å². The first-order valence-electron chi connectivity index (χ1n) is 12.7. The Balaban J connectivity index is 2.06. The predicted octanol–water partition coefficient (Wildman–Crippen LogP) is 5.56. The van der Waals surface area contributed by atoms with Crippen LogP contribution in [0, 0.1) is 25.2 Å². The van der Waals surface area contributed by atoms with Crippen LogP contribution in [0.4, 0.5) is 0 Å². The second-order valence-electron chi connectivity index (χ2n) is 12.0. The van der Waals surface area contributed by atoms with Gasteiger partial charge in [-0.25, -0.2) is 4.68 Å². The summed E-state index contributed by atoms with van der Waals surface area (Å²) in [5.41, 5.74) is 3.29. The third-order valence-electron chi connectivity index (χ3n) is 7.15. The van der Waals surface area contributed by atoms with Gasteiger partial charge in [0.05, 0.1) is 18.0 Å². The lowest BCUT2D eigenvalue weighted by Gasteiger charge is -2.36. The fourth-order valence-electron chi connectivity index (χ4n) is 5.74. The number of benzene rings is 1. The Morgan fingerprint density at radius 3 is 2.38 bits per heavy atom. The molecule has 1 aromatic carbocycles. The number of nitrogens with one attached hydrogen (secondary N) is 1. The number of carboxylic acid groups (broad SMARTS) is 1. The Hall–Kier alpha value is -2.28. The third kappa shape index (κ3) is 6.65. The van der Waals surface area contributed by atoms with Crippen molar-refractivity contribution in [3.8, 4) is 0 Å².